The maximum absolute atomic E-state index is 13.2. The maximum Gasteiger partial charge on any atom is 0.253 e. The van der Waals surface area contributed by atoms with E-state index in [1.54, 1.807) is 36.5 Å². The van der Waals surface area contributed by atoms with E-state index in [-0.39, 0.29) is 36.0 Å². The largest absolute Gasteiger partial charge is 0.358 e. The number of benzene rings is 2. The summed E-state index contributed by atoms with van der Waals surface area (Å²) in [6.45, 7) is 2.27. The number of fused-ring (bicyclic) bond motifs is 1. The van der Waals surface area contributed by atoms with Crippen LogP contribution in [-0.2, 0) is 16.1 Å². The zero-order chi connectivity index (χ0) is 22.8. The van der Waals surface area contributed by atoms with Gasteiger partial charge in [-0.05, 0) is 48.4 Å². The number of nitrogens with two attached hydrogens (primary N) is 1. The lowest BCUT2D eigenvalue weighted by atomic mass is 9.98. The van der Waals surface area contributed by atoms with Gasteiger partial charge in [0.05, 0.1) is 17.7 Å². The van der Waals surface area contributed by atoms with Crippen LogP contribution in [0.1, 0.15) is 24.1 Å². The van der Waals surface area contributed by atoms with Gasteiger partial charge in [-0.2, -0.15) is 0 Å². The fraction of sp³-hybridized carbons (Fsp3) is 0.250. The van der Waals surface area contributed by atoms with Crippen LogP contribution in [0, 0.1) is 5.82 Å². The third-order valence-electron chi connectivity index (χ3n) is 5.53. The van der Waals surface area contributed by atoms with Crippen LogP contribution in [0.15, 0.2) is 71.3 Å². The molecule has 1 saturated heterocycles. The molecule has 33 heavy (non-hydrogen) atoms. The monoisotopic (exact) mass is 507 g/mol. The highest BCUT2D eigenvalue weighted by Crippen LogP contribution is 2.36. The second-order valence-corrected chi connectivity index (χ2v) is 9.43. The fourth-order valence-corrected chi connectivity index (χ4v) is 5.04. The second kappa shape index (κ2) is 10.7. The average Bonchev–Trinajstić information content (AvgIpc) is 2.78. The van der Waals surface area contributed by atoms with Crippen LogP contribution < -0.4 is 11.1 Å². The molecule has 2 aliphatic heterocycles. The van der Waals surface area contributed by atoms with Gasteiger partial charge in [-0.25, -0.2) is 4.39 Å². The molecule has 4 rings (SSSR count). The van der Waals surface area contributed by atoms with Gasteiger partial charge < -0.3 is 16.0 Å². The van der Waals surface area contributed by atoms with Crippen LogP contribution >= 0.6 is 35.8 Å². The van der Waals surface area contributed by atoms with E-state index in [0.717, 1.165) is 16.0 Å². The van der Waals surface area contributed by atoms with E-state index in [1.807, 2.05) is 24.0 Å². The Hall–Kier alpha value is -2.32. The zero-order valence-corrected chi connectivity index (χ0v) is 20.2. The summed E-state index contributed by atoms with van der Waals surface area (Å²) < 4.78 is 13.2. The van der Waals surface area contributed by atoms with Crippen molar-refractivity contribution in [2.75, 3.05) is 5.75 Å². The first-order chi connectivity index (χ1) is 15.3. The van der Waals surface area contributed by atoms with Gasteiger partial charge in [0.1, 0.15) is 11.9 Å². The minimum absolute atomic E-state index is 0. The minimum atomic E-state index is -0.544. The number of hydrogen-bond acceptors (Lipinski definition) is 5. The Bertz CT molecular complexity index is 1090. The fourth-order valence-electron chi connectivity index (χ4n) is 3.76. The number of amides is 1. The first kappa shape index (κ1) is 25.3. The van der Waals surface area contributed by atoms with Crippen molar-refractivity contribution < 1.29 is 14.0 Å². The summed E-state index contributed by atoms with van der Waals surface area (Å²) in [4.78, 5) is 28.6. The Morgan fingerprint density at radius 1 is 1.24 bits per heavy atom. The molecule has 2 heterocycles. The number of Topliss-reactive ketones (excluding diaryl/α,β-unsaturated/α-hetero) is 1. The molecule has 0 aliphatic carbocycles. The topological polar surface area (TPSA) is 75.4 Å². The van der Waals surface area contributed by atoms with E-state index in [2.05, 4.69) is 5.32 Å². The third-order valence-corrected chi connectivity index (χ3v) is 6.98. The lowest BCUT2D eigenvalue weighted by molar-refractivity contribution is -0.123. The highest BCUT2D eigenvalue weighted by molar-refractivity contribution is 8.03. The number of carbonyl (C=O) groups excluding carboxylic acids is 2. The lowest BCUT2D eigenvalue weighted by Crippen LogP contribution is -2.52. The number of ketones is 1. The predicted octanol–water partition coefficient (Wildman–Crippen LogP) is 4.37. The molecule has 2 aromatic rings. The molecule has 1 amide bonds. The van der Waals surface area contributed by atoms with Gasteiger partial charge in [-0.3, -0.25) is 9.59 Å². The average molecular weight is 508 g/mol. The quantitative estimate of drug-likeness (QED) is 0.628. The van der Waals surface area contributed by atoms with E-state index in [1.165, 1.54) is 23.9 Å². The standard InChI is InChI=1S/C24H23ClFN3O2S.ClH/c1-14(16-4-8-19(26)9-5-16)28-24(31)17-10-21-22(23(30)20(27)13-32-21)29(12-17)11-15-2-6-18(25)7-3-15;/h2-10,12,14,20,22H,11,13,27H2,1H3,(H,28,31);1H/t14?,20-,22?;/m0./s1. The normalized spacial score (nSPS) is 20.7. The summed E-state index contributed by atoms with van der Waals surface area (Å²) in [6, 6.07) is 12.0. The van der Waals surface area contributed by atoms with Crippen molar-refractivity contribution in [3.8, 4) is 0 Å². The third kappa shape index (κ3) is 5.79. The van der Waals surface area contributed by atoms with Gasteiger partial charge in [-0.15, -0.1) is 24.2 Å². The van der Waals surface area contributed by atoms with Gasteiger partial charge in [-0.1, -0.05) is 35.9 Å². The van der Waals surface area contributed by atoms with Crippen molar-refractivity contribution in [2.45, 2.75) is 31.6 Å². The number of nitrogens with zero attached hydrogens (tertiary/aromatic N) is 1. The van der Waals surface area contributed by atoms with E-state index in [4.69, 9.17) is 17.3 Å². The van der Waals surface area contributed by atoms with Gasteiger partial charge in [0.25, 0.3) is 5.91 Å². The Labute approximate surface area is 207 Å². The van der Waals surface area contributed by atoms with E-state index in [9.17, 15) is 14.0 Å². The van der Waals surface area contributed by atoms with Crippen molar-refractivity contribution >= 4 is 47.5 Å². The summed E-state index contributed by atoms with van der Waals surface area (Å²) in [5, 5.41) is 3.58. The number of rotatable bonds is 5. The molecule has 9 heteroatoms. The Balaban J connectivity index is 0.00000306. The number of hydrogen-bond donors (Lipinski definition) is 2. The summed E-state index contributed by atoms with van der Waals surface area (Å²) in [7, 11) is 0. The lowest BCUT2D eigenvalue weighted by Gasteiger charge is -2.39. The zero-order valence-electron chi connectivity index (χ0n) is 17.8. The van der Waals surface area contributed by atoms with E-state index in [0.29, 0.717) is 22.9 Å². The van der Waals surface area contributed by atoms with Gasteiger partial charge in [0.2, 0.25) is 0 Å². The van der Waals surface area contributed by atoms with E-state index >= 15 is 0 Å². The molecule has 0 saturated carbocycles. The molecule has 2 unspecified atom stereocenters. The summed E-state index contributed by atoms with van der Waals surface area (Å²) in [5.41, 5.74) is 8.24. The molecule has 2 aliphatic rings. The smallest absolute Gasteiger partial charge is 0.253 e. The highest BCUT2D eigenvalue weighted by atomic mass is 35.5. The van der Waals surface area contributed by atoms with Crippen LogP contribution in [0.3, 0.4) is 0 Å². The number of thioether (sulfide) groups is 1. The van der Waals surface area contributed by atoms with Crippen LogP contribution in [0.5, 0.6) is 0 Å². The van der Waals surface area contributed by atoms with Gasteiger partial charge in [0, 0.05) is 28.4 Å². The molecule has 174 valence electrons. The number of halogens is 3. The molecule has 0 bridgehead atoms. The van der Waals surface area contributed by atoms with E-state index < -0.39 is 12.1 Å². The van der Waals surface area contributed by atoms with Crippen LogP contribution in [0.4, 0.5) is 4.39 Å². The Morgan fingerprint density at radius 3 is 2.58 bits per heavy atom. The van der Waals surface area contributed by atoms with Crippen LogP contribution in [0.25, 0.3) is 0 Å². The second-order valence-electron chi connectivity index (χ2n) is 7.90. The van der Waals surface area contributed by atoms with Gasteiger partial charge >= 0.3 is 0 Å². The highest BCUT2D eigenvalue weighted by Gasteiger charge is 2.39. The molecule has 3 N–H and O–H groups in total. The molecule has 0 radical (unpaired) electrons. The van der Waals surface area contributed by atoms with Gasteiger partial charge in [0.15, 0.2) is 5.78 Å². The first-order valence-electron chi connectivity index (χ1n) is 10.2. The molecule has 0 spiro atoms. The van der Waals surface area contributed by atoms with Crippen molar-refractivity contribution in [3.05, 3.63) is 93.3 Å². The molecule has 3 atom stereocenters. The predicted molar refractivity (Wildman–Crippen MR) is 133 cm³/mol. The van der Waals surface area contributed by atoms with Crippen molar-refractivity contribution in [1.82, 2.24) is 10.2 Å². The van der Waals surface area contributed by atoms with Crippen molar-refractivity contribution in [3.63, 3.8) is 0 Å². The maximum atomic E-state index is 13.2. The summed E-state index contributed by atoms with van der Waals surface area (Å²) in [5.74, 6) is -0.166. The number of carbonyl (C=O) groups is 2. The molecular formula is C24H24Cl2FN3O2S. The Kier molecular flexibility index (Phi) is 8.23. The van der Waals surface area contributed by atoms with Crippen LogP contribution in [0.2, 0.25) is 5.02 Å². The SMILES string of the molecule is CC(NC(=O)C1=CN(Cc2ccc(Cl)cc2)C2C(=O)[C@@H](N)CSC2=C1)c1ccc(F)cc1.Cl. The first-order valence-corrected chi connectivity index (χ1v) is 11.6. The van der Waals surface area contributed by atoms with Crippen molar-refractivity contribution in [2.24, 2.45) is 5.73 Å². The molecular weight excluding hydrogens is 484 g/mol. The molecule has 1 fully saturated rings. The molecule has 0 aromatic heterocycles. The molecule has 2 aromatic carbocycles. The van der Waals surface area contributed by atoms with Crippen molar-refractivity contribution in [1.29, 1.82) is 0 Å². The minimum Gasteiger partial charge on any atom is -0.358 e. The van der Waals surface area contributed by atoms with Crippen LogP contribution in [-0.4, -0.2) is 34.4 Å². The summed E-state index contributed by atoms with van der Waals surface area (Å²) in [6.07, 6.45) is 3.48. The number of nitrogens with one attached hydrogen (secondary N) is 1. The Morgan fingerprint density at radius 2 is 1.91 bits per heavy atom. The summed E-state index contributed by atoms with van der Waals surface area (Å²) >= 11 is 7.50. The molecule has 5 nitrogen and oxygen atoms in total.